The van der Waals surface area contributed by atoms with Crippen molar-refractivity contribution < 1.29 is 14.3 Å². The van der Waals surface area contributed by atoms with E-state index in [9.17, 15) is 14.4 Å². The number of benzene rings is 1. The summed E-state index contributed by atoms with van der Waals surface area (Å²) < 4.78 is 5.29. The number of rotatable bonds is 6. The number of nitrogens with one attached hydrogen (secondary N) is 2. The Morgan fingerprint density at radius 2 is 2.00 bits per heavy atom. The maximum atomic E-state index is 12.3. The van der Waals surface area contributed by atoms with Crippen LogP contribution in [0.5, 0.6) is 5.75 Å². The monoisotopic (exact) mass is 329 g/mol. The number of H-pyrrole nitrogens is 1. The van der Waals surface area contributed by atoms with Gasteiger partial charge >= 0.3 is 0 Å². The molecule has 0 radical (unpaired) electrons. The predicted octanol–water partition coefficient (Wildman–Crippen LogP) is 1.51. The molecule has 0 spiro atoms. The van der Waals surface area contributed by atoms with Crippen molar-refractivity contribution in [2.45, 2.75) is 19.8 Å². The van der Waals surface area contributed by atoms with Crippen LogP contribution in [0.3, 0.4) is 0 Å². The van der Waals surface area contributed by atoms with Crippen LogP contribution < -0.4 is 15.6 Å². The van der Waals surface area contributed by atoms with Crippen LogP contribution in [-0.4, -0.2) is 35.5 Å². The van der Waals surface area contributed by atoms with Crippen LogP contribution in [0.25, 0.3) is 0 Å². The number of nitrogens with zero attached hydrogens (tertiary/aromatic N) is 1. The minimum Gasteiger partial charge on any atom is -0.496 e. The number of carbonyl (C=O) groups excluding carboxylic acids is 2. The molecule has 2 aromatic rings. The molecule has 0 aliphatic carbocycles. The van der Waals surface area contributed by atoms with E-state index in [2.05, 4.69) is 15.5 Å². The lowest BCUT2D eigenvalue weighted by molar-refractivity contribution is 0.0900. The zero-order chi connectivity index (χ0) is 17.7. The van der Waals surface area contributed by atoms with Crippen molar-refractivity contribution in [2.24, 2.45) is 0 Å². The van der Waals surface area contributed by atoms with E-state index in [1.807, 2.05) is 13.8 Å². The molecule has 126 valence electrons. The van der Waals surface area contributed by atoms with Crippen LogP contribution in [0, 0.1) is 0 Å². The van der Waals surface area contributed by atoms with E-state index in [-0.39, 0.29) is 23.9 Å². The topological polar surface area (TPSA) is 101 Å². The van der Waals surface area contributed by atoms with Crippen molar-refractivity contribution >= 4 is 11.7 Å². The Labute approximate surface area is 139 Å². The SMILES string of the molecule is COc1ccc(C(=O)CNC(=O)c2ccc(=O)[nH]n2)cc1C(C)C. The molecule has 0 aliphatic heterocycles. The Hall–Kier alpha value is -2.96. The maximum Gasteiger partial charge on any atom is 0.272 e. The van der Waals surface area contributed by atoms with Gasteiger partial charge in [-0.05, 0) is 35.7 Å². The van der Waals surface area contributed by atoms with Gasteiger partial charge in [0.2, 0.25) is 0 Å². The number of aromatic amines is 1. The highest BCUT2D eigenvalue weighted by Crippen LogP contribution is 2.27. The second kappa shape index (κ2) is 7.54. The summed E-state index contributed by atoms with van der Waals surface area (Å²) in [5.74, 6) is 0.171. The minimum atomic E-state index is -0.530. The number of carbonyl (C=O) groups is 2. The van der Waals surface area contributed by atoms with Crippen LogP contribution in [-0.2, 0) is 0 Å². The van der Waals surface area contributed by atoms with Gasteiger partial charge in [0.15, 0.2) is 5.78 Å². The van der Waals surface area contributed by atoms with Crippen molar-refractivity contribution in [2.75, 3.05) is 13.7 Å². The second-order valence-corrected chi connectivity index (χ2v) is 5.52. The van der Waals surface area contributed by atoms with Crippen molar-refractivity contribution in [3.8, 4) is 5.75 Å². The smallest absolute Gasteiger partial charge is 0.272 e. The first-order valence-electron chi connectivity index (χ1n) is 7.47. The molecule has 0 bridgehead atoms. The molecule has 1 heterocycles. The first kappa shape index (κ1) is 17.4. The van der Waals surface area contributed by atoms with E-state index < -0.39 is 11.5 Å². The van der Waals surface area contributed by atoms with Gasteiger partial charge in [-0.15, -0.1) is 0 Å². The summed E-state index contributed by atoms with van der Waals surface area (Å²) in [4.78, 5) is 35.1. The number of ether oxygens (including phenoxy) is 1. The molecule has 0 aliphatic rings. The summed E-state index contributed by atoms with van der Waals surface area (Å²) in [5, 5.41) is 8.27. The van der Waals surface area contributed by atoms with E-state index >= 15 is 0 Å². The average molecular weight is 329 g/mol. The van der Waals surface area contributed by atoms with Gasteiger partial charge in [-0.25, -0.2) is 5.10 Å². The van der Waals surface area contributed by atoms with Crippen LogP contribution >= 0.6 is 0 Å². The molecule has 0 atom stereocenters. The van der Waals surface area contributed by atoms with E-state index in [1.54, 1.807) is 25.3 Å². The van der Waals surface area contributed by atoms with Gasteiger partial charge in [-0.3, -0.25) is 14.4 Å². The van der Waals surface area contributed by atoms with Crippen molar-refractivity contribution in [3.63, 3.8) is 0 Å². The Morgan fingerprint density at radius 1 is 1.25 bits per heavy atom. The Kier molecular flexibility index (Phi) is 5.47. The van der Waals surface area contributed by atoms with Crippen LogP contribution in [0.1, 0.15) is 46.2 Å². The van der Waals surface area contributed by atoms with Crippen LogP contribution in [0.15, 0.2) is 35.1 Å². The number of aromatic nitrogens is 2. The molecule has 0 saturated heterocycles. The van der Waals surface area contributed by atoms with Crippen LogP contribution in [0.2, 0.25) is 0 Å². The molecular formula is C17H19N3O4. The maximum absolute atomic E-state index is 12.3. The Morgan fingerprint density at radius 3 is 2.58 bits per heavy atom. The number of methoxy groups -OCH3 is 1. The van der Waals surface area contributed by atoms with Crippen LogP contribution in [0.4, 0.5) is 0 Å². The molecular weight excluding hydrogens is 310 g/mol. The highest BCUT2D eigenvalue weighted by molar-refractivity contribution is 6.01. The summed E-state index contributed by atoms with van der Waals surface area (Å²) in [6.45, 7) is 3.86. The highest BCUT2D eigenvalue weighted by atomic mass is 16.5. The van der Waals surface area contributed by atoms with Gasteiger partial charge in [0, 0.05) is 11.6 Å². The van der Waals surface area contributed by atoms with E-state index in [0.29, 0.717) is 5.56 Å². The Balaban J connectivity index is 2.07. The second-order valence-electron chi connectivity index (χ2n) is 5.52. The lowest BCUT2D eigenvalue weighted by atomic mass is 9.98. The van der Waals surface area contributed by atoms with Gasteiger partial charge in [0.25, 0.3) is 11.5 Å². The van der Waals surface area contributed by atoms with E-state index in [1.165, 1.54) is 12.1 Å². The zero-order valence-corrected chi connectivity index (χ0v) is 13.8. The number of hydrogen-bond donors (Lipinski definition) is 2. The number of amides is 1. The fraction of sp³-hybridized carbons (Fsp3) is 0.294. The standard InChI is InChI=1S/C17H19N3O4/c1-10(2)12-8-11(4-6-15(12)24-3)14(21)9-18-17(23)13-5-7-16(22)20-19-13/h4-8,10H,9H2,1-3H3,(H,18,23)(H,20,22). The molecule has 1 aromatic heterocycles. The molecule has 24 heavy (non-hydrogen) atoms. The predicted molar refractivity (Wildman–Crippen MR) is 88.6 cm³/mol. The quantitative estimate of drug-likeness (QED) is 0.782. The third-order valence-corrected chi connectivity index (χ3v) is 3.49. The molecule has 2 N–H and O–H groups in total. The fourth-order valence-corrected chi connectivity index (χ4v) is 2.18. The summed E-state index contributed by atoms with van der Waals surface area (Å²) in [5.41, 5.74) is 1.06. The van der Waals surface area contributed by atoms with Gasteiger partial charge < -0.3 is 10.1 Å². The van der Waals surface area contributed by atoms with Gasteiger partial charge in [-0.1, -0.05) is 13.8 Å². The molecule has 0 saturated carbocycles. The fourth-order valence-electron chi connectivity index (χ4n) is 2.18. The largest absolute Gasteiger partial charge is 0.496 e. The Bertz CT molecular complexity index is 791. The number of Topliss-reactive ketones (excluding diaryl/α,β-unsaturated/α-hetero) is 1. The lowest BCUT2D eigenvalue weighted by Crippen LogP contribution is -2.31. The molecule has 1 aromatic carbocycles. The van der Waals surface area contributed by atoms with Gasteiger partial charge in [0.05, 0.1) is 13.7 Å². The molecule has 0 fully saturated rings. The van der Waals surface area contributed by atoms with Crippen molar-refractivity contribution in [1.29, 1.82) is 0 Å². The molecule has 1 amide bonds. The van der Waals surface area contributed by atoms with E-state index in [0.717, 1.165) is 11.3 Å². The van der Waals surface area contributed by atoms with E-state index in [4.69, 9.17) is 4.74 Å². The highest BCUT2D eigenvalue weighted by Gasteiger charge is 2.14. The summed E-state index contributed by atoms with van der Waals surface area (Å²) in [6.07, 6.45) is 0. The minimum absolute atomic E-state index is 0.0417. The van der Waals surface area contributed by atoms with Gasteiger partial charge in [0.1, 0.15) is 11.4 Å². The van der Waals surface area contributed by atoms with Crippen molar-refractivity contribution in [3.05, 3.63) is 57.5 Å². The summed E-state index contributed by atoms with van der Waals surface area (Å²) in [7, 11) is 1.58. The zero-order valence-electron chi connectivity index (χ0n) is 13.8. The molecule has 0 unspecified atom stereocenters. The molecule has 7 nitrogen and oxygen atoms in total. The summed E-state index contributed by atoms with van der Waals surface area (Å²) >= 11 is 0. The average Bonchev–Trinajstić information content (AvgIpc) is 2.59. The van der Waals surface area contributed by atoms with Crippen molar-refractivity contribution in [1.82, 2.24) is 15.5 Å². The molecule has 2 rings (SSSR count). The summed E-state index contributed by atoms with van der Waals surface area (Å²) in [6, 6.07) is 7.67. The lowest BCUT2D eigenvalue weighted by Gasteiger charge is -2.13. The third kappa shape index (κ3) is 4.07. The van der Waals surface area contributed by atoms with Gasteiger partial charge in [-0.2, -0.15) is 5.10 Å². The third-order valence-electron chi connectivity index (χ3n) is 3.49. The molecule has 7 heteroatoms. The first-order valence-corrected chi connectivity index (χ1v) is 7.47. The number of hydrogen-bond acceptors (Lipinski definition) is 5. The first-order chi connectivity index (χ1) is 11.4. The number of ketones is 1. The normalized spacial score (nSPS) is 10.5.